The summed E-state index contributed by atoms with van der Waals surface area (Å²) in [7, 11) is 6.01. The Bertz CT molecular complexity index is 547. The molecular formula is C13H18N4O. The molecule has 0 atom stereocenters. The number of likely N-dealkylation sites (N-methyl/N-ethyl adjacent to an activating group) is 2. The van der Waals surface area contributed by atoms with Crippen molar-refractivity contribution < 1.29 is 4.79 Å². The van der Waals surface area contributed by atoms with E-state index in [-0.39, 0.29) is 0 Å². The van der Waals surface area contributed by atoms with Crippen molar-refractivity contribution in [2.75, 3.05) is 39.1 Å². The maximum Gasteiger partial charge on any atom is 0.170 e. The lowest BCUT2D eigenvalue weighted by Gasteiger charge is -2.19. The molecular weight excluding hydrogens is 228 g/mol. The molecule has 0 aliphatic heterocycles. The average molecular weight is 246 g/mol. The molecule has 0 aromatic carbocycles. The van der Waals surface area contributed by atoms with Crippen molar-refractivity contribution in [3.05, 3.63) is 30.1 Å². The Labute approximate surface area is 107 Å². The maximum atomic E-state index is 11.2. The standard InChI is InChI=1S/C13H18N4O/c1-15(2)8-9-16(3)13-11(10-18)17-7-5-4-6-12(17)14-13/h4-7,10H,8-9H2,1-3H3. The number of anilines is 1. The molecule has 18 heavy (non-hydrogen) atoms. The van der Waals surface area contributed by atoms with Gasteiger partial charge in [0.2, 0.25) is 0 Å². The Morgan fingerprint density at radius 3 is 2.72 bits per heavy atom. The van der Waals surface area contributed by atoms with Gasteiger partial charge in [0.15, 0.2) is 12.1 Å². The number of rotatable bonds is 5. The molecule has 0 aliphatic carbocycles. The van der Waals surface area contributed by atoms with Crippen LogP contribution in [0.15, 0.2) is 24.4 Å². The Morgan fingerprint density at radius 2 is 2.06 bits per heavy atom. The number of nitrogens with zero attached hydrogens (tertiary/aromatic N) is 4. The Kier molecular flexibility index (Phi) is 3.62. The van der Waals surface area contributed by atoms with Crippen molar-refractivity contribution in [2.24, 2.45) is 0 Å². The minimum atomic E-state index is 0.604. The van der Waals surface area contributed by atoms with Crippen LogP contribution in [0.4, 0.5) is 5.82 Å². The number of carbonyl (C=O) groups excluding carboxylic acids is 1. The van der Waals surface area contributed by atoms with Gasteiger partial charge in [-0.1, -0.05) is 6.07 Å². The van der Waals surface area contributed by atoms with Gasteiger partial charge in [0.25, 0.3) is 0 Å². The largest absolute Gasteiger partial charge is 0.356 e. The lowest BCUT2D eigenvalue weighted by Crippen LogP contribution is -2.29. The molecule has 2 aromatic rings. The third-order valence-corrected chi connectivity index (χ3v) is 2.90. The van der Waals surface area contributed by atoms with Gasteiger partial charge in [-0.05, 0) is 26.2 Å². The smallest absolute Gasteiger partial charge is 0.170 e. The number of imidazole rings is 1. The quantitative estimate of drug-likeness (QED) is 0.742. The zero-order chi connectivity index (χ0) is 13.1. The average Bonchev–Trinajstić information content (AvgIpc) is 2.74. The SMILES string of the molecule is CN(C)CCN(C)c1nc2ccccn2c1C=O. The molecule has 0 amide bonds. The van der Waals surface area contributed by atoms with Crippen molar-refractivity contribution in [1.29, 1.82) is 0 Å². The molecule has 5 nitrogen and oxygen atoms in total. The Balaban J connectivity index is 2.34. The van der Waals surface area contributed by atoms with E-state index in [2.05, 4.69) is 9.88 Å². The molecule has 0 fully saturated rings. The molecule has 2 heterocycles. The normalized spacial score (nSPS) is 11.1. The van der Waals surface area contributed by atoms with Crippen molar-refractivity contribution in [3.8, 4) is 0 Å². The van der Waals surface area contributed by atoms with Crippen molar-refractivity contribution >= 4 is 17.8 Å². The molecule has 0 N–H and O–H groups in total. The second kappa shape index (κ2) is 5.18. The molecule has 0 unspecified atom stereocenters. The van der Waals surface area contributed by atoms with Crippen molar-refractivity contribution in [1.82, 2.24) is 14.3 Å². The van der Waals surface area contributed by atoms with Gasteiger partial charge in [0.1, 0.15) is 11.3 Å². The van der Waals surface area contributed by atoms with Crippen LogP contribution in [0.2, 0.25) is 0 Å². The number of aldehydes is 1. The first-order chi connectivity index (χ1) is 8.63. The summed E-state index contributed by atoms with van der Waals surface area (Å²) >= 11 is 0. The van der Waals surface area contributed by atoms with Gasteiger partial charge in [-0.25, -0.2) is 4.98 Å². The molecule has 2 rings (SSSR count). The minimum Gasteiger partial charge on any atom is -0.356 e. The van der Waals surface area contributed by atoms with Gasteiger partial charge in [0, 0.05) is 26.3 Å². The lowest BCUT2D eigenvalue weighted by molar-refractivity contribution is 0.111. The van der Waals surface area contributed by atoms with Crippen LogP contribution in [0.3, 0.4) is 0 Å². The number of pyridine rings is 1. The van der Waals surface area contributed by atoms with Crippen LogP contribution in [-0.4, -0.2) is 54.8 Å². The molecule has 0 bridgehead atoms. The van der Waals surface area contributed by atoms with E-state index in [0.29, 0.717) is 5.69 Å². The van der Waals surface area contributed by atoms with Crippen LogP contribution in [0.25, 0.3) is 5.65 Å². The van der Waals surface area contributed by atoms with Crippen LogP contribution < -0.4 is 4.90 Å². The fourth-order valence-corrected chi connectivity index (χ4v) is 1.85. The van der Waals surface area contributed by atoms with Crippen LogP contribution in [0, 0.1) is 0 Å². The first-order valence-electron chi connectivity index (χ1n) is 5.91. The van der Waals surface area contributed by atoms with E-state index in [4.69, 9.17) is 0 Å². The predicted octanol–water partition coefficient (Wildman–Crippen LogP) is 1.14. The highest BCUT2D eigenvalue weighted by molar-refractivity contribution is 5.83. The maximum absolute atomic E-state index is 11.2. The van der Waals surface area contributed by atoms with Crippen LogP contribution >= 0.6 is 0 Å². The molecule has 96 valence electrons. The highest BCUT2D eigenvalue weighted by atomic mass is 16.1. The number of hydrogen-bond donors (Lipinski definition) is 0. The predicted molar refractivity (Wildman–Crippen MR) is 72.4 cm³/mol. The van der Waals surface area contributed by atoms with Crippen molar-refractivity contribution in [2.45, 2.75) is 0 Å². The highest BCUT2D eigenvalue weighted by Crippen LogP contribution is 2.18. The third-order valence-electron chi connectivity index (χ3n) is 2.90. The summed E-state index contributed by atoms with van der Waals surface area (Å²) in [6, 6.07) is 5.71. The summed E-state index contributed by atoms with van der Waals surface area (Å²) in [6.45, 7) is 1.75. The van der Waals surface area contributed by atoms with Gasteiger partial charge in [-0.3, -0.25) is 9.20 Å². The molecule has 0 spiro atoms. The molecule has 0 radical (unpaired) electrons. The van der Waals surface area contributed by atoms with Gasteiger partial charge in [-0.2, -0.15) is 0 Å². The highest BCUT2D eigenvalue weighted by Gasteiger charge is 2.14. The number of aromatic nitrogens is 2. The summed E-state index contributed by atoms with van der Waals surface area (Å²) in [5.74, 6) is 0.734. The molecule has 2 aromatic heterocycles. The monoisotopic (exact) mass is 246 g/mol. The molecule has 0 saturated heterocycles. The molecule has 5 heteroatoms. The zero-order valence-corrected chi connectivity index (χ0v) is 11.0. The molecule has 0 aliphatic rings. The van der Waals surface area contributed by atoms with E-state index in [9.17, 15) is 4.79 Å². The third kappa shape index (κ3) is 2.36. The zero-order valence-electron chi connectivity index (χ0n) is 11.0. The van der Waals surface area contributed by atoms with Gasteiger partial charge in [0.05, 0.1) is 0 Å². The van der Waals surface area contributed by atoms with E-state index in [1.54, 1.807) is 0 Å². The van der Waals surface area contributed by atoms with Crippen LogP contribution in [0.1, 0.15) is 10.5 Å². The van der Waals surface area contributed by atoms with E-state index >= 15 is 0 Å². The summed E-state index contributed by atoms with van der Waals surface area (Å²) in [5.41, 5.74) is 1.40. The van der Waals surface area contributed by atoms with Gasteiger partial charge < -0.3 is 9.80 Å². The summed E-state index contributed by atoms with van der Waals surface area (Å²) < 4.78 is 1.81. The first kappa shape index (κ1) is 12.6. The summed E-state index contributed by atoms with van der Waals surface area (Å²) in [5, 5.41) is 0. The van der Waals surface area contributed by atoms with E-state index in [1.165, 1.54) is 0 Å². The van der Waals surface area contributed by atoms with E-state index < -0.39 is 0 Å². The van der Waals surface area contributed by atoms with E-state index in [0.717, 1.165) is 30.8 Å². The van der Waals surface area contributed by atoms with Gasteiger partial charge >= 0.3 is 0 Å². The van der Waals surface area contributed by atoms with Crippen LogP contribution in [0.5, 0.6) is 0 Å². The lowest BCUT2D eigenvalue weighted by atomic mass is 10.4. The summed E-state index contributed by atoms with van der Waals surface area (Å²) in [4.78, 5) is 19.9. The Hall–Kier alpha value is -1.88. The fourth-order valence-electron chi connectivity index (χ4n) is 1.85. The van der Waals surface area contributed by atoms with Crippen LogP contribution in [-0.2, 0) is 0 Å². The second-order valence-electron chi connectivity index (χ2n) is 4.59. The molecule has 0 saturated carbocycles. The summed E-state index contributed by atoms with van der Waals surface area (Å²) in [6.07, 6.45) is 2.72. The number of fused-ring (bicyclic) bond motifs is 1. The minimum absolute atomic E-state index is 0.604. The topological polar surface area (TPSA) is 40.9 Å². The fraction of sp³-hybridized carbons (Fsp3) is 0.385. The number of hydrogen-bond acceptors (Lipinski definition) is 4. The van der Waals surface area contributed by atoms with E-state index in [1.807, 2.05) is 54.8 Å². The van der Waals surface area contributed by atoms with Crippen molar-refractivity contribution in [3.63, 3.8) is 0 Å². The Morgan fingerprint density at radius 1 is 1.28 bits per heavy atom. The first-order valence-corrected chi connectivity index (χ1v) is 5.91. The second-order valence-corrected chi connectivity index (χ2v) is 4.59. The number of carbonyl (C=O) groups is 1. The van der Waals surface area contributed by atoms with Gasteiger partial charge in [-0.15, -0.1) is 0 Å².